The molecule has 0 saturated carbocycles. The van der Waals surface area contributed by atoms with Crippen molar-refractivity contribution < 1.29 is 9.53 Å². The number of amides is 1. The quantitative estimate of drug-likeness (QED) is 0.577. The molecule has 2 fully saturated rings. The highest BCUT2D eigenvalue weighted by atomic mass is 35.5. The summed E-state index contributed by atoms with van der Waals surface area (Å²) in [5, 5.41) is 0.517. The van der Waals surface area contributed by atoms with E-state index in [0.717, 1.165) is 51.0 Å². The molecule has 6 heteroatoms. The fourth-order valence-corrected chi connectivity index (χ4v) is 4.67. The number of halogens is 1. The van der Waals surface area contributed by atoms with Gasteiger partial charge in [-0.25, -0.2) is 9.64 Å². The lowest BCUT2D eigenvalue weighted by Gasteiger charge is -2.39. The first-order valence-corrected chi connectivity index (χ1v) is 10.5. The zero-order valence-electron chi connectivity index (χ0n) is 17.3. The molecular formula is C22H30ClN3O2. The maximum Gasteiger partial charge on any atom is 0.410 e. The number of hydrogen-bond acceptors (Lipinski definition) is 3. The standard InChI is InChI=1S/C22H30ClN3O2/c1-6-16-14-22(9-11-25(12-10-22)20(27)28-21(2,3)4)15-26(16)17-7-8-19(24-5)18(23)13-17/h7-8,13,16H,6,9-12,14-15H2,1-4H3/t16-/m0/s1. The number of piperidine rings is 1. The summed E-state index contributed by atoms with van der Waals surface area (Å²) in [6, 6.07) is 6.21. The van der Waals surface area contributed by atoms with Crippen molar-refractivity contribution in [3.05, 3.63) is 34.6 Å². The van der Waals surface area contributed by atoms with Gasteiger partial charge in [0, 0.05) is 36.4 Å². The Kier molecular flexibility index (Phi) is 5.82. The van der Waals surface area contributed by atoms with E-state index >= 15 is 0 Å². The van der Waals surface area contributed by atoms with Crippen LogP contribution in [0.25, 0.3) is 4.85 Å². The highest BCUT2D eigenvalue weighted by molar-refractivity contribution is 6.33. The van der Waals surface area contributed by atoms with Crippen molar-refractivity contribution in [3.8, 4) is 0 Å². The number of anilines is 1. The predicted molar refractivity (Wildman–Crippen MR) is 113 cm³/mol. The van der Waals surface area contributed by atoms with Gasteiger partial charge in [0.1, 0.15) is 5.60 Å². The molecule has 152 valence electrons. The van der Waals surface area contributed by atoms with Crippen LogP contribution in [0.15, 0.2) is 18.2 Å². The van der Waals surface area contributed by atoms with E-state index in [-0.39, 0.29) is 11.5 Å². The molecule has 0 N–H and O–H groups in total. The first-order valence-electron chi connectivity index (χ1n) is 10.1. The molecule has 0 bridgehead atoms. The zero-order valence-corrected chi connectivity index (χ0v) is 18.1. The number of benzene rings is 1. The summed E-state index contributed by atoms with van der Waals surface area (Å²) in [5.41, 5.74) is 1.36. The van der Waals surface area contributed by atoms with E-state index in [1.165, 1.54) is 0 Å². The molecule has 1 aromatic carbocycles. The summed E-state index contributed by atoms with van der Waals surface area (Å²) in [4.78, 5) is 20.1. The Labute approximate surface area is 173 Å². The Morgan fingerprint density at radius 1 is 1.36 bits per heavy atom. The number of likely N-dealkylation sites (tertiary alicyclic amines) is 1. The number of carbonyl (C=O) groups excluding carboxylic acids is 1. The minimum Gasteiger partial charge on any atom is -0.444 e. The van der Waals surface area contributed by atoms with Crippen molar-refractivity contribution >= 4 is 29.1 Å². The fraction of sp³-hybridized carbons (Fsp3) is 0.636. The molecule has 0 unspecified atom stereocenters. The molecule has 1 atom stereocenters. The summed E-state index contributed by atoms with van der Waals surface area (Å²) < 4.78 is 5.53. The molecule has 3 rings (SSSR count). The molecule has 1 aromatic rings. The van der Waals surface area contributed by atoms with Gasteiger partial charge in [0.05, 0.1) is 6.57 Å². The lowest BCUT2D eigenvalue weighted by Crippen LogP contribution is -2.46. The Bertz CT molecular complexity index is 773. The van der Waals surface area contributed by atoms with Gasteiger partial charge < -0.3 is 14.5 Å². The molecule has 1 spiro atoms. The summed E-state index contributed by atoms with van der Waals surface area (Å²) in [5.74, 6) is 0. The summed E-state index contributed by atoms with van der Waals surface area (Å²) in [6.07, 6.45) is 3.99. The second-order valence-electron chi connectivity index (χ2n) is 9.11. The summed E-state index contributed by atoms with van der Waals surface area (Å²) in [7, 11) is 0. The molecule has 2 saturated heterocycles. The van der Waals surface area contributed by atoms with Gasteiger partial charge in [-0.05, 0) is 64.0 Å². The van der Waals surface area contributed by atoms with Gasteiger partial charge >= 0.3 is 6.09 Å². The number of ether oxygens (including phenoxy) is 1. The Hall–Kier alpha value is -1.93. The van der Waals surface area contributed by atoms with Crippen molar-refractivity contribution in [1.29, 1.82) is 0 Å². The van der Waals surface area contributed by atoms with Crippen molar-refractivity contribution in [2.45, 2.75) is 65.0 Å². The van der Waals surface area contributed by atoms with Crippen LogP contribution < -0.4 is 4.90 Å². The lowest BCUT2D eigenvalue weighted by atomic mass is 9.76. The largest absolute Gasteiger partial charge is 0.444 e. The first-order chi connectivity index (χ1) is 13.2. The van der Waals surface area contributed by atoms with E-state index in [4.69, 9.17) is 22.9 Å². The zero-order chi connectivity index (χ0) is 20.5. The summed E-state index contributed by atoms with van der Waals surface area (Å²) >= 11 is 6.28. The number of nitrogens with zero attached hydrogens (tertiary/aromatic N) is 3. The second kappa shape index (κ2) is 7.83. The van der Waals surface area contributed by atoms with Crippen LogP contribution in [0.1, 0.15) is 53.4 Å². The van der Waals surface area contributed by atoms with Crippen LogP contribution in [0, 0.1) is 12.0 Å². The Balaban J connectivity index is 1.70. The topological polar surface area (TPSA) is 37.1 Å². The van der Waals surface area contributed by atoms with Crippen LogP contribution in [0.5, 0.6) is 0 Å². The monoisotopic (exact) mass is 403 g/mol. The Morgan fingerprint density at radius 2 is 2.04 bits per heavy atom. The molecular weight excluding hydrogens is 374 g/mol. The average molecular weight is 404 g/mol. The van der Waals surface area contributed by atoms with Gasteiger partial charge in [-0.15, -0.1) is 0 Å². The normalized spacial score (nSPS) is 21.6. The molecule has 0 aromatic heterocycles. The third kappa shape index (κ3) is 4.38. The number of carbonyl (C=O) groups is 1. The van der Waals surface area contributed by atoms with Gasteiger partial charge in [-0.3, -0.25) is 0 Å². The van der Waals surface area contributed by atoms with Crippen LogP contribution in [0.3, 0.4) is 0 Å². The van der Waals surface area contributed by atoms with Gasteiger partial charge in [0.15, 0.2) is 0 Å². The lowest BCUT2D eigenvalue weighted by molar-refractivity contribution is 0.0119. The fourth-order valence-electron chi connectivity index (χ4n) is 4.45. The average Bonchev–Trinajstić information content (AvgIpc) is 2.99. The summed E-state index contributed by atoms with van der Waals surface area (Å²) in [6.45, 7) is 17.6. The molecule has 2 heterocycles. The number of rotatable bonds is 2. The van der Waals surface area contributed by atoms with Crippen molar-refractivity contribution in [2.75, 3.05) is 24.5 Å². The highest BCUT2D eigenvalue weighted by Gasteiger charge is 2.46. The van der Waals surface area contributed by atoms with E-state index in [9.17, 15) is 4.79 Å². The van der Waals surface area contributed by atoms with E-state index in [2.05, 4.69) is 16.7 Å². The van der Waals surface area contributed by atoms with Gasteiger partial charge in [0.25, 0.3) is 0 Å². The molecule has 2 aliphatic heterocycles. The molecule has 1 amide bonds. The maximum absolute atomic E-state index is 12.4. The van der Waals surface area contributed by atoms with Crippen molar-refractivity contribution in [3.63, 3.8) is 0 Å². The maximum atomic E-state index is 12.4. The van der Waals surface area contributed by atoms with Crippen molar-refractivity contribution in [2.24, 2.45) is 5.41 Å². The molecule has 2 aliphatic rings. The van der Waals surface area contributed by atoms with E-state index in [1.807, 2.05) is 43.9 Å². The van der Waals surface area contributed by atoms with Crippen LogP contribution in [-0.2, 0) is 4.74 Å². The second-order valence-corrected chi connectivity index (χ2v) is 9.52. The minimum absolute atomic E-state index is 0.203. The van der Waals surface area contributed by atoms with Crippen LogP contribution in [-0.4, -0.2) is 42.3 Å². The van der Waals surface area contributed by atoms with E-state index < -0.39 is 5.60 Å². The van der Waals surface area contributed by atoms with Crippen LogP contribution >= 0.6 is 11.6 Å². The minimum atomic E-state index is -0.458. The predicted octanol–water partition coefficient (Wildman–Crippen LogP) is 5.90. The van der Waals surface area contributed by atoms with Gasteiger partial charge in [-0.2, -0.15) is 0 Å². The SMILES string of the molecule is [C-]#[N+]c1ccc(N2CC3(CCN(C(=O)OC(C)(C)C)CC3)C[C@@H]2CC)cc1Cl. The third-order valence-electron chi connectivity index (χ3n) is 5.95. The first kappa shape index (κ1) is 20.8. The van der Waals surface area contributed by atoms with E-state index in [1.54, 1.807) is 0 Å². The van der Waals surface area contributed by atoms with Gasteiger partial charge in [-0.1, -0.05) is 24.6 Å². The van der Waals surface area contributed by atoms with Crippen molar-refractivity contribution in [1.82, 2.24) is 4.90 Å². The van der Waals surface area contributed by atoms with Gasteiger partial charge in [0.2, 0.25) is 5.69 Å². The van der Waals surface area contributed by atoms with E-state index in [0.29, 0.717) is 16.8 Å². The smallest absolute Gasteiger partial charge is 0.410 e. The van der Waals surface area contributed by atoms with Crippen LogP contribution in [0.2, 0.25) is 5.02 Å². The molecule has 0 radical (unpaired) electrons. The van der Waals surface area contributed by atoms with Crippen LogP contribution in [0.4, 0.5) is 16.2 Å². The number of hydrogen-bond donors (Lipinski definition) is 0. The Morgan fingerprint density at radius 3 is 2.57 bits per heavy atom. The molecule has 28 heavy (non-hydrogen) atoms. The molecule has 0 aliphatic carbocycles. The molecule has 5 nitrogen and oxygen atoms in total. The highest BCUT2D eigenvalue weighted by Crippen LogP contribution is 2.46. The third-order valence-corrected chi connectivity index (χ3v) is 6.25.